The summed E-state index contributed by atoms with van der Waals surface area (Å²) in [5, 5.41) is 6.83. The van der Waals surface area contributed by atoms with Crippen LogP contribution in [0.1, 0.15) is 64.4 Å². The number of nitrogens with one attached hydrogen (secondary N) is 2. The van der Waals surface area contributed by atoms with E-state index in [1.807, 2.05) is 20.8 Å². The number of carbonyl (C=O) groups excluding carboxylic acids is 1. The maximum absolute atomic E-state index is 12.0. The minimum absolute atomic E-state index is 0.180. The van der Waals surface area contributed by atoms with Crippen LogP contribution in [0, 0.1) is 0 Å². The average Bonchev–Trinajstić information content (AvgIpc) is 2.87. The van der Waals surface area contributed by atoms with Crippen LogP contribution >= 0.6 is 15.9 Å². The summed E-state index contributed by atoms with van der Waals surface area (Å²) in [6.45, 7) is 5.69. The number of amides is 1. The summed E-state index contributed by atoms with van der Waals surface area (Å²) in [6.07, 6.45) is 5.35. The van der Waals surface area contributed by atoms with Gasteiger partial charge in [-0.15, -0.1) is 0 Å². The molecular formula is C20H29BrN2O2. The molecule has 0 spiro atoms. The molecule has 2 aliphatic carbocycles. The standard InChI is InChI=1S/C20H29BrN2O2/c1-20(2,3)25-19(24)23-18-9-5-8-17(18)22-16-11-14(12-16)13-6-4-7-15(21)10-13/h4,6-7,10,14,16-18,22H,5,8-9,11-12H2,1-3H3,(H,23,24). The first-order chi connectivity index (χ1) is 11.8. The van der Waals surface area contributed by atoms with Crippen LogP contribution in [0.3, 0.4) is 0 Å². The molecular weight excluding hydrogens is 380 g/mol. The second-order valence-electron chi connectivity index (χ2n) is 8.38. The maximum Gasteiger partial charge on any atom is 0.407 e. The van der Waals surface area contributed by atoms with Crippen molar-refractivity contribution in [2.45, 2.75) is 82.5 Å². The van der Waals surface area contributed by atoms with Crippen molar-refractivity contribution < 1.29 is 9.53 Å². The highest BCUT2D eigenvalue weighted by Crippen LogP contribution is 2.38. The summed E-state index contributed by atoms with van der Waals surface area (Å²) in [5.74, 6) is 0.647. The molecule has 0 heterocycles. The third-order valence-corrected chi connectivity index (χ3v) is 5.62. The van der Waals surface area contributed by atoms with Crippen molar-refractivity contribution in [1.82, 2.24) is 10.6 Å². The fraction of sp³-hybridized carbons (Fsp3) is 0.650. The predicted octanol–water partition coefficient (Wildman–Crippen LogP) is 4.73. The summed E-state index contributed by atoms with van der Waals surface area (Å²) >= 11 is 3.55. The smallest absolute Gasteiger partial charge is 0.407 e. The van der Waals surface area contributed by atoms with Crippen molar-refractivity contribution >= 4 is 22.0 Å². The number of halogens is 1. The van der Waals surface area contributed by atoms with E-state index in [9.17, 15) is 4.79 Å². The first-order valence-electron chi connectivity index (χ1n) is 9.31. The van der Waals surface area contributed by atoms with Gasteiger partial charge < -0.3 is 15.4 Å². The van der Waals surface area contributed by atoms with Gasteiger partial charge in [0.2, 0.25) is 0 Å². The van der Waals surface area contributed by atoms with Crippen LogP contribution in [0.15, 0.2) is 28.7 Å². The quantitative estimate of drug-likeness (QED) is 0.756. The first-order valence-corrected chi connectivity index (χ1v) is 10.1. The Kier molecular flexibility index (Phi) is 5.74. The van der Waals surface area contributed by atoms with E-state index in [4.69, 9.17) is 4.74 Å². The van der Waals surface area contributed by atoms with E-state index in [1.165, 1.54) is 18.4 Å². The SMILES string of the molecule is CC(C)(C)OC(=O)NC1CCCC1NC1CC(c2cccc(Br)c2)C1. The molecule has 0 aromatic heterocycles. The van der Waals surface area contributed by atoms with Crippen LogP contribution in [0.2, 0.25) is 0 Å². The summed E-state index contributed by atoms with van der Waals surface area (Å²) in [5.41, 5.74) is 0.971. The lowest BCUT2D eigenvalue weighted by Crippen LogP contribution is -2.53. The number of alkyl carbamates (subject to hydrolysis) is 1. The molecule has 25 heavy (non-hydrogen) atoms. The Balaban J connectivity index is 1.46. The average molecular weight is 409 g/mol. The zero-order valence-corrected chi connectivity index (χ0v) is 16.9. The lowest BCUT2D eigenvalue weighted by Gasteiger charge is -2.39. The number of rotatable bonds is 4. The van der Waals surface area contributed by atoms with Crippen molar-refractivity contribution in [2.24, 2.45) is 0 Å². The largest absolute Gasteiger partial charge is 0.444 e. The van der Waals surface area contributed by atoms with Crippen molar-refractivity contribution in [3.63, 3.8) is 0 Å². The lowest BCUT2D eigenvalue weighted by atomic mass is 9.75. The highest BCUT2D eigenvalue weighted by atomic mass is 79.9. The number of benzene rings is 1. The molecule has 0 aliphatic heterocycles. The second kappa shape index (κ2) is 7.67. The molecule has 1 aromatic carbocycles. The predicted molar refractivity (Wildman–Crippen MR) is 104 cm³/mol. The molecule has 2 aliphatic rings. The summed E-state index contributed by atoms with van der Waals surface area (Å²) in [6, 6.07) is 9.72. The zero-order valence-electron chi connectivity index (χ0n) is 15.3. The van der Waals surface area contributed by atoms with E-state index >= 15 is 0 Å². The van der Waals surface area contributed by atoms with Crippen LogP contribution < -0.4 is 10.6 Å². The van der Waals surface area contributed by atoms with Crippen LogP contribution in [0.5, 0.6) is 0 Å². The maximum atomic E-state index is 12.0. The van der Waals surface area contributed by atoms with Crippen molar-refractivity contribution in [3.8, 4) is 0 Å². The topological polar surface area (TPSA) is 50.4 Å². The molecule has 1 aromatic rings. The summed E-state index contributed by atoms with van der Waals surface area (Å²) in [7, 11) is 0. The Bertz CT molecular complexity index is 608. The molecule has 2 N–H and O–H groups in total. The van der Waals surface area contributed by atoms with Crippen LogP contribution in [0.25, 0.3) is 0 Å². The van der Waals surface area contributed by atoms with Crippen molar-refractivity contribution in [2.75, 3.05) is 0 Å². The molecule has 2 saturated carbocycles. The highest BCUT2D eigenvalue weighted by Gasteiger charge is 2.36. The number of hydrogen-bond acceptors (Lipinski definition) is 3. The van der Waals surface area contributed by atoms with Gasteiger partial charge >= 0.3 is 6.09 Å². The van der Waals surface area contributed by atoms with Gasteiger partial charge in [0, 0.05) is 22.6 Å². The van der Waals surface area contributed by atoms with E-state index in [0.717, 1.165) is 23.7 Å². The van der Waals surface area contributed by atoms with Crippen LogP contribution in [-0.4, -0.2) is 29.8 Å². The molecule has 0 saturated heterocycles. The van der Waals surface area contributed by atoms with E-state index in [1.54, 1.807) is 0 Å². The molecule has 138 valence electrons. The molecule has 4 nitrogen and oxygen atoms in total. The molecule has 0 bridgehead atoms. The summed E-state index contributed by atoms with van der Waals surface area (Å²) < 4.78 is 6.55. The Morgan fingerprint density at radius 1 is 1.20 bits per heavy atom. The minimum atomic E-state index is -0.448. The Hall–Kier alpha value is -1.07. The number of ether oxygens (including phenoxy) is 1. The molecule has 2 fully saturated rings. The van der Waals surface area contributed by atoms with E-state index in [-0.39, 0.29) is 12.1 Å². The van der Waals surface area contributed by atoms with Gasteiger partial charge in [0.25, 0.3) is 0 Å². The van der Waals surface area contributed by atoms with E-state index < -0.39 is 5.60 Å². The minimum Gasteiger partial charge on any atom is -0.444 e. The molecule has 3 rings (SSSR count). The van der Waals surface area contributed by atoms with Gasteiger partial charge in [0.1, 0.15) is 5.60 Å². The van der Waals surface area contributed by atoms with Gasteiger partial charge in [0.15, 0.2) is 0 Å². The van der Waals surface area contributed by atoms with Crippen molar-refractivity contribution in [1.29, 1.82) is 0 Å². The summed E-state index contributed by atoms with van der Waals surface area (Å²) in [4.78, 5) is 12.0. The van der Waals surface area contributed by atoms with Gasteiger partial charge in [0.05, 0.1) is 0 Å². The highest BCUT2D eigenvalue weighted by molar-refractivity contribution is 9.10. The second-order valence-corrected chi connectivity index (χ2v) is 9.29. The van der Waals surface area contributed by atoms with Crippen LogP contribution in [0.4, 0.5) is 4.79 Å². The number of hydrogen-bond donors (Lipinski definition) is 2. The van der Waals surface area contributed by atoms with Gasteiger partial charge in [-0.3, -0.25) is 0 Å². The van der Waals surface area contributed by atoms with Gasteiger partial charge in [-0.1, -0.05) is 28.1 Å². The molecule has 2 atom stereocenters. The Morgan fingerprint density at radius 2 is 1.92 bits per heavy atom. The zero-order chi connectivity index (χ0) is 18.0. The Morgan fingerprint density at radius 3 is 2.60 bits per heavy atom. The molecule has 2 unspecified atom stereocenters. The fourth-order valence-electron chi connectivity index (χ4n) is 3.88. The van der Waals surface area contributed by atoms with Crippen molar-refractivity contribution in [3.05, 3.63) is 34.3 Å². The Labute approximate surface area is 159 Å². The lowest BCUT2D eigenvalue weighted by molar-refractivity contribution is 0.0494. The third-order valence-electron chi connectivity index (χ3n) is 5.13. The molecule has 5 heteroatoms. The fourth-order valence-corrected chi connectivity index (χ4v) is 4.30. The normalized spacial score (nSPS) is 29.1. The molecule has 1 amide bonds. The molecule has 0 radical (unpaired) electrons. The monoisotopic (exact) mass is 408 g/mol. The van der Waals surface area contributed by atoms with Crippen LogP contribution in [-0.2, 0) is 4.74 Å². The number of carbonyl (C=O) groups is 1. The van der Waals surface area contributed by atoms with E-state index in [0.29, 0.717) is 18.0 Å². The van der Waals surface area contributed by atoms with E-state index in [2.05, 4.69) is 50.8 Å². The third kappa shape index (κ3) is 5.20. The van der Waals surface area contributed by atoms with Gasteiger partial charge in [-0.25, -0.2) is 4.79 Å². The van der Waals surface area contributed by atoms with Gasteiger partial charge in [-0.2, -0.15) is 0 Å². The van der Waals surface area contributed by atoms with Gasteiger partial charge in [-0.05, 0) is 76.5 Å². The first kappa shape index (κ1) is 18.7.